The first-order valence-corrected chi connectivity index (χ1v) is 7.36. The van der Waals surface area contributed by atoms with Gasteiger partial charge in [0, 0.05) is 17.6 Å². The first-order valence-electron chi connectivity index (χ1n) is 6.55. The van der Waals surface area contributed by atoms with Gasteiger partial charge in [0.15, 0.2) is 10.7 Å². The SMILES string of the molecule is CCCNc1ncc(Cn2c(=O)oc3ccccc32)s1. The molecule has 6 heteroatoms. The Morgan fingerprint density at radius 2 is 2.25 bits per heavy atom. The van der Waals surface area contributed by atoms with Gasteiger partial charge in [-0.25, -0.2) is 9.78 Å². The van der Waals surface area contributed by atoms with Gasteiger partial charge in [0.25, 0.3) is 0 Å². The normalized spacial score (nSPS) is 11.1. The molecule has 1 N–H and O–H groups in total. The van der Waals surface area contributed by atoms with E-state index < -0.39 is 0 Å². The molecule has 0 bridgehead atoms. The highest BCUT2D eigenvalue weighted by Crippen LogP contribution is 2.20. The van der Waals surface area contributed by atoms with Crippen molar-refractivity contribution in [3.63, 3.8) is 0 Å². The molecule has 2 aromatic heterocycles. The summed E-state index contributed by atoms with van der Waals surface area (Å²) in [5.41, 5.74) is 1.43. The summed E-state index contributed by atoms with van der Waals surface area (Å²) in [6, 6.07) is 7.44. The molecule has 0 amide bonds. The van der Waals surface area contributed by atoms with Crippen molar-refractivity contribution in [2.45, 2.75) is 19.9 Å². The number of fused-ring (bicyclic) bond motifs is 1. The molecule has 0 unspecified atom stereocenters. The van der Waals surface area contributed by atoms with Gasteiger partial charge in [-0.2, -0.15) is 0 Å². The molecular formula is C14H15N3O2S. The number of nitrogens with zero attached hydrogens (tertiary/aromatic N) is 2. The molecule has 2 heterocycles. The molecular weight excluding hydrogens is 274 g/mol. The van der Waals surface area contributed by atoms with E-state index in [9.17, 15) is 4.79 Å². The molecule has 0 aliphatic heterocycles. The van der Waals surface area contributed by atoms with Crippen LogP contribution in [0, 0.1) is 0 Å². The number of thiazole rings is 1. The summed E-state index contributed by atoms with van der Waals surface area (Å²) in [6.45, 7) is 3.50. The van der Waals surface area contributed by atoms with Crippen molar-refractivity contribution in [3.8, 4) is 0 Å². The van der Waals surface area contributed by atoms with E-state index in [1.165, 1.54) is 0 Å². The molecule has 0 atom stereocenters. The third-order valence-electron chi connectivity index (χ3n) is 2.97. The van der Waals surface area contributed by atoms with E-state index in [1.807, 2.05) is 18.2 Å². The lowest BCUT2D eigenvalue weighted by Gasteiger charge is -1.99. The quantitative estimate of drug-likeness (QED) is 0.784. The Kier molecular flexibility index (Phi) is 3.56. The van der Waals surface area contributed by atoms with Gasteiger partial charge in [0.2, 0.25) is 0 Å². The largest absolute Gasteiger partial charge is 0.420 e. The minimum Gasteiger partial charge on any atom is -0.408 e. The van der Waals surface area contributed by atoms with Crippen LogP contribution in [0.2, 0.25) is 0 Å². The number of rotatable bonds is 5. The Labute approximate surface area is 119 Å². The number of anilines is 1. The van der Waals surface area contributed by atoms with Crippen LogP contribution in [0.4, 0.5) is 5.13 Å². The second kappa shape index (κ2) is 5.50. The molecule has 0 aliphatic carbocycles. The number of aromatic nitrogens is 2. The van der Waals surface area contributed by atoms with Crippen LogP contribution in [0.1, 0.15) is 18.2 Å². The fourth-order valence-corrected chi connectivity index (χ4v) is 2.84. The van der Waals surface area contributed by atoms with E-state index in [1.54, 1.807) is 28.2 Å². The highest BCUT2D eigenvalue weighted by molar-refractivity contribution is 7.15. The third kappa shape index (κ3) is 2.46. The number of hydrogen-bond donors (Lipinski definition) is 1. The third-order valence-corrected chi connectivity index (χ3v) is 3.91. The second-order valence-corrected chi connectivity index (χ2v) is 5.60. The maximum Gasteiger partial charge on any atom is 0.420 e. The van der Waals surface area contributed by atoms with E-state index in [4.69, 9.17) is 4.42 Å². The fourth-order valence-electron chi connectivity index (χ4n) is 2.01. The summed E-state index contributed by atoms with van der Waals surface area (Å²) in [5.74, 6) is -0.331. The summed E-state index contributed by atoms with van der Waals surface area (Å²) in [7, 11) is 0. The van der Waals surface area contributed by atoms with Crippen molar-refractivity contribution in [1.29, 1.82) is 0 Å². The molecule has 3 aromatic rings. The van der Waals surface area contributed by atoms with Crippen LogP contribution in [-0.2, 0) is 6.54 Å². The van der Waals surface area contributed by atoms with Crippen LogP contribution >= 0.6 is 11.3 Å². The average molecular weight is 289 g/mol. The van der Waals surface area contributed by atoms with Crippen molar-refractivity contribution in [2.24, 2.45) is 0 Å². The van der Waals surface area contributed by atoms with Crippen LogP contribution in [0.3, 0.4) is 0 Å². The lowest BCUT2D eigenvalue weighted by molar-refractivity contribution is 0.518. The van der Waals surface area contributed by atoms with E-state index in [2.05, 4.69) is 17.2 Å². The Balaban J connectivity index is 1.87. The number of hydrogen-bond acceptors (Lipinski definition) is 5. The van der Waals surface area contributed by atoms with Crippen molar-refractivity contribution in [2.75, 3.05) is 11.9 Å². The van der Waals surface area contributed by atoms with Crippen LogP contribution in [-0.4, -0.2) is 16.1 Å². The molecule has 20 heavy (non-hydrogen) atoms. The Bertz CT molecular complexity index is 772. The molecule has 0 saturated carbocycles. The van der Waals surface area contributed by atoms with E-state index in [-0.39, 0.29) is 5.76 Å². The lowest BCUT2D eigenvalue weighted by Crippen LogP contribution is -2.14. The Morgan fingerprint density at radius 3 is 3.10 bits per heavy atom. The number of nitrogens with one attached hydrogen (secondary N) is 1. The molecule has 3 rings (SSSR count). The van der Waals surface area contributed by atoms with Gasteiger partial charge in [-0.15, -0.1) is 11.3 Å². The maximum absolute atomic E-state index is 11.9. The van der Waals surface area contributed by atoms with E-state index >= 15 is 0 Å². The molecule has 0 saturated heterocycles. The number of benzene rings is 1. The molecule has 5 nitrogen and oxygen atoms in total. The average Bonchev–Trinajstić information content (AvgIpc) is 3.02. The number of oxazole rings is 1. The van der Waals surface area contributed by atoms with Crippen LogP contribution in [0.5, 0.6) is 0 Å². The minimum atomic E-state index is -0.331. The van der Waals surface area contributed by atoms with E-state index in [0.29, 0.717) is 12.1 Å². The first-order chi connectivity index (χ1) is 9.78. The summed E-state index contributed by atoms with van der Waals surface area (Å²) in [6.07, 6.45) is 2.86. The monoisotopic (exact) mass is 289 g/mol. The van der Waals surface area contributed by atoms with Crippen molar-refractivity contribution in [1.82, 2.24) is 9.55 Å². The van der Waals surface area contributed by atoms with Crippen LogP contribution in [0.15, 0.2) is 39.7 Å². The van der Waals surface area contributed by atoms with Gasteiger partial charge in [-0.3, -0.25) is 4.57 Å². The second-order valence-electron chi connectivity index (χ2n) is 4.48. The zero-order chi connectivity index (χ0) is 13.9. The standard InChI is InChI=1S/C14H15N3O2S/c1-2-7-15-13-16-8-10(20-13)9-17-11-5-3-4-6-12(11)19-14(17)18/h3-6,8H,2,7,9H2,1H3,(H,15,16). The van der Waals surface area contributed by atoms with Gasteiger partial charge >= 0.3 is 5.76 Å². The molecule has 1 aromatic carbocycles. The van der Waals surface area contributed by atoms with Gasteiger partial charge in [-0.1, -0.05) is 19.1 Å². The zero-order valence-corrected chi connectivity index (χ0v) is 11.9. The van der Waals surface area contributed by atoms with Gasteiger partial charge in [0.1, 0.15) is 0 Å². The predicted octanol–water partition coefficient (Wildman–Crippen LogP) is 2.92. The highest BCUT2D eigenvalue weighted by Gasteiger charge is 2.10. The van der Waals surface area contributed by atoms with Crippen LogP contribution in [0.25, 0.3) is 11.1 Å². The maximum atomic E-state index is 11.9. The molecule has 104 valence electrons. The molecule has 0 aliphatic rings. The van der Waals surface area contributed by atoms with Gasteiger partial charge in [0.05, 0.1) is 12.1 Å². The van der Waals surface area contributed by atoms with Crippen LogP contribution < -0.4 is 11.1 Å². The predicted molar refractivity (Wildman–Crippen MR) is 80.5 cm³/mol. The smallest absolute Gasteiger partial charge is 0.408 e. The fraction of sp³-hybridized carbons (Fsp3) is 0.286. The topological polar surface area (TPSA) is 60.1 Å². The number of para-hydroxylation sites is 2. The van der Waals surface area contributed by atoms with E-state index in [0.717, 1.165) is 28.5 Å². The molecule has 0 spiro atoms. The summed E-state index contributed by atoms with van der Waals surface area (Å²) >= 11 is 1.56. The highest BCUT2D eigenvalue weighted by atomic mass is 32.1. The van der Waals surface area contributed by atoms with Crippen molar-refractivity contribution < 1.29 is 4.42 Å². The Hall–Kier alpha value is -2.08. The summed E-state index contributed by atoms with van der Waals surface area (Å²) in [4.78, 5) is 17.2. The van der Waals surface area contributed by atoms with Gasteiger partial charge in [-0.05, 0) is 18.6 Å². The van der Waals surface area contributed by atoms with Gasteiger partial charge < -0.3 is 9.73 Å². The van der Waals surface area contributed by atoms with Crippen molar-refractivity contribution >= 4 is 27.6 Å². The molecule has 0 radical (unpaired) electrons. The van der Waals surface area contributed by atoms with Crippen molar-refractivity contribution in [3.05, 3.63) is 45.9 Å². The minimum absolute atomic E-state index is 0.331. The first kappa shape index (κ1) is 12.9. The lowest BCUT2D eigenvalue weighted by atomic mass is 10.3. The Morgan fingerprint density at radius 1 is 1.40 bits per heavy atom. The summed E-state index contributed by atoms with van der Waals surface area (Å²) < 4.78 is 6.85. The zero-order valence-electron chi connectivity index (χ0n) is 11.1. The summed E-state index contributed by atoms with van der Waals surface area (Å²) in [5, 5.41) is 4.13. The molecule has 0 fully saturated rings.